The van der Waals surface area contributed by atoms with Crippen LogP contribution >= 0.6 is 0 Å². The van der Waals surface area contributed by atoms with E-state index in [-0.39, 0.29) is 19.0 Å². The lowest BCUT2D eigenvalue weighted by molar-refractivity contribution is -0.141. The number of carbonyl (C=O) groups is 2. The first-order valence-electron chi connectivity index (χ1n) is 6.11. The highest BCUT2D eigenvalue weighted by molar-refractivity contribution is 5.83. The molecule has 1 aromatic heterocycles. The van der Waals surface area contributed by atoms with Crippen molar-refractivity contribution in [3.63, 3.8) is 0 Å². The lowest BCUT2D eigenvalue weighted by Crippen LogP contribution is -2.33. The Morgan fingerprint density at radius 3 is 2.79 bits per heavy atom. The van der Waals surface area contributed by atoms with E-state index in [2.05, 4.69) is 5.32 Å². The van der Waals surface area contributed by atoms with Crippen molar-refractivity contribution in [2.45, 2.75) is 13.5 Å². The first-order valence-corrected chi connectivity index (χ1v) is 6.11. The van der Waals surface area contributed by atoms with Crippen molar-refractivity contribution in [1.82, 2.24) is 9.88 Å². The van der Waals surface area contributed by atoms with Crippen LogP contribution in [0.5, 0.6) is 0 Å². The van der Waals surface area contributed by atoms with Gasteiger partial charge in [-0.05, 0) is 17.5 Å². The molecule has 1 atom stereocenters. The van der Waals surface area contributed by atoms with Crippen LogP contribution in [0.3, 0.4) is 0 Å². The molecule has 0 aliphatic carbocycles. The number of carbonyl (C=O) groups excluding carboxylic acids is 1. The molecular weight excluding hydrogens is 244 g/mol. The summed E-state index contributed by atoms with van der Waals surface area (Å²) in [5.41, 5.74) is 0.990. The van der Waals surface area contributed by atoms with E-state index in [1.807, 2.05) is 41.1 Å². The summed E-state index contributed by atoms with van der Waals surface area (Å²) in [5, 5.41) is 12.4. The number of amides is 1. The first-order chi connectivity index (χ1) is 9.08. The van der Waals surface area contributed by atoms with Crippen LogP contribution in [0.1, 0.15) is 6.92 Å². The summed E-state index contributed by atoms with van der Waals surface area (Å²) in [6, 6.07) is 9.74. The second-order valence-electron chi connectivity index (χ2n) is 4.55. The number of hydrogen-bond donors (Lipinski definition) is 2. The Morgan fingerprint density at radius 2 is 2.05 bits per heavy atom. The van der Waals surface area contributed by atoms with Crippen molar-refractivity contribution in [2.24, 2.45) is 5.92 Å². The van der Waals surface area contributed by atoms with E-state index in [1.54, 1.807) is 6.92 Å². The summed E-state index contributed by atoms with van der Waals surface area (Å²) in [4.78, 5) is 22.4. The van der Waals surface area contributed by atoms with Gasteiger partial charge in [-0.25, -0.2) is 0 Å². The van der Waals surface area contributed by atoms with Gasteiger partial charge in [-0.2, -0.15) is 0 Å². The highest BCUT2D eigenvalue weighted by Gasteiger charge is 2.12. The van der Waals surface area contributed by atoms with Gasteiger partial charge in [0.15, 0.2) is 0 Å². The Kier molecular flexibility index (Phi) is 3.85. The van der Waals surface area contributed by atoms with Crippen molar-refractivity contribution in [3.05, 3.63) is 36.5 Å². The van der Waals surface area contributed by atoms with Crippen molar-refractivity contribution in [1.29, 1.82) is 0 Å². The molecule has 2 aromatic rings. The standard InChI is InChI=1S/C14H16N2O3/c1-10(14(18)19)8-15-13(17)9-16-7-6-11-4-2-3-5-12(11)16/h2-7,10H,8-9H2,1H3,(H,15,17)(H,18,19). The van der Waals surface area contributed by atoms with Gasteiger partial charge in [0.1, 0.15) is 6.54 Å². The van der Waals surface area contributed by atoms with Crippen LogP contribution in [0.15, 0.2) is 36.5 Å². The zero-order valence-corrected chi connectivity index (χ0v) is 10.7. The van der Waals surface area contributed by atoms with Gasteiger partial charge < -0.3 is 15.0 Å². The van der Waals surface area contributed by atoms with E-state index >= 15 is 0 Å². The molecule has 5 heteroatoms. The summed E-state index contributed by atoms with van der Waals surface area (Å²) in [6.45, 7) is 1.90. The average Bonchev–Trinajstić information content (AvgIpc) is 2.79. The molecule has 0 bridgehead atoms. The molecule has 1 aromatic carbocycles. The molecule has 1 unspecified atom stereocenters. The number of aliphatic carboxylic acids is 1. The third-order valence-corrected chi connectivity index (χ3v) is 3.02. The molecular formula is C14H16N2O3. The molecule has 0 fully saturated rings. The van der Waals surface area contributed by atoms with Crippen LogP contribution < -0.4 is 5.32 Å². The molecule has 2 N–H and O–H groups in total. The zero-order chi connectivity index (χ0) is 13.8. The predicted octanol–water partition coefficient (Wildman–Crippen LogP) is 1.48. The molecule has 1 heterocycles. The SMILES string of the molecule is CC(CNC(=O)Cn1ccc2ccccc21)C(=O)O. The highest BCUT2D eigenvalue weighted by Crippen LogP contribution is 2.14. The minimum absolute atomic E-state index is 0.146. The van der Waals surface area contributed by atoms with Gasteiger partial charge in [0, 0.05) is 18.3 Å². The summed E-state index contributed by atoms with van der Waals surface area (Å²) in [6.07, 6.45) is 1.85. The molecule has 0 aliphatic rings. The Labute approximate surface area is 110 Å². The molecule has 5 nitrogen and oxygen atoms in total. The smallest absolute Gasteiger partial charge is 0.308 e. The van der Waals surface area contributed by atoms with E-state index < -0.39 is 11.9 Å². The Bertz CT molecular complexity index is 604. The molecule has 100 valence electrons. The van der Waals surface area contributed by atoms with Gasteiger partial charge in [-0.1, -0.05) is 25.1 Å². The van der Waals surface area contributed by atoms with Crippen LogP contribution in [0.4, 0.5) is 0 Å². The first kappa shape index (κ1) is 13.1. The maximum absolute atomic E-state index is 11.8. The third-order valence-electron chi connectivity index (χ3n) is 3.02. The van der Waals surface area contributed by atoms with Gasteiger partial charge in [-0.15, -0.1) is 0 Å². The lowest BCUT2D eigenvalue weighted by atomic mass is 10.2. The van der Waals surface area contributed by atoms with Gasteiger partial charge >= 0.3 is 5.97 Å². The Hall–Kier alpha value is -2.30. The fourth-order valence-electron chi connectivity index (χ4n) is 1.84. The molecule has 0 radical (unpaired) electrons. The average molecular weight is 260 g/mol. The van der Waals surface area contributed by atoms with Crippen LogP contribution in [0.2, 0.25) is 0 Å². The maximum Gasteiger partial charge on any atom is 0.308 e. The summed E-state index contributed by atoms with van der Waals surface area (Å²) in [5.74, 6) is -1.67. The second kappa shape index (κ2) is 5.56. The van der Waals surface area contributed by atoms with Crippen molar-refractivity contribution < 1.29 is 14.7 Å². The van der Waals surface area contributed by atoms with Gasteiger partial charge in [0.2, 0.25) is 5.91 Å². The minimum atomic E-state index is -0.910. The highest BCUT2D eigenvalue weighted by atomic mass is 16.4. The van der Waals surface area contributed by atoms with E-state index in [1.165, 1.54) is 0 Å². The van der Waals surface area contributed by atoms with Crippen LogP contribution in [-0.2, 0) is 16.1 Å². The number of rotatable bonds is 5. The topological polar surface area (TPSA) is 71.3 Å². The number of benzene rings is 1. The van der Waals surface area contributed by atoms with E-state index in [4.69, 9.17) is 5.11 Å². The molecule has 0 spiro atoms. The normalized spacial score (nSPS) is 12.3. The van der Waals surface area contributed by atoms with Crippen LogP contribution in [-0.4, -0.2) is 28.1 Å². The summed E-state index contributed by atoms with van der Waals surface area (Å²) < 4.78 is 1.84. The largest absolute Gasteiger partial charge is 0.481 e. The lowest BCUT2D eigenvalue weighted by Gasteiger charge is -2.09. The number of carboxylic acid groups (broad SMARTS) is 1. The summed E-state index contributed by atoms with van der Waals surface area (Å²) in [7, 11) is 0. The maximum atomic E-state index is 11.8. The number of hydrogen-bond acceptors (Lipinski definition) is 2. The number of nitrogens with one attached hydrogen (secondary N) is 1. The van der Waals surface area contributed by atoms with E-state index in [0.717, 1.165) is 10.9 Å². The predicted molar refractivity (Wildman–Crippen MR) is 71.7 cm³/mol. The molecule has 0 saturated heterocycles. The third kappa shape index (κ3) is 3.13. The molecule has 0 saturated carbocycles. The van der Waals surface area contributed by atoms with Crippen molar-refractivity contribution >= 4 is 22.8 Å². The Morgan fingerprint density at radius 1 is 1.32 bits per heavy atom. The fourth-order valence-corrected chi connectivity index (χ4v) is 1.84. The molecule has 19 heavy (non-hydrogen) atoms. The second-order valence-corrected chi connectivity index (χ2v) is 4.55. The number of para-hydroxylation sites is 1. The van der Waals surface area contributed by atoms with Gasteiger partial charge in [0.05, 0.1) is 5.92 Å². The summed E-state index contributed by atoms with van der Waals surface area (Å²) >= 11 is 0. The molecule has 0 aliphatic heterocycles. The van der Waals surface area contributed by atoms with Crippen molar-refractivity contribution in [3.8, 4) is 0 Å². The number of aromatic nitrogens is 1. The van der Waals surface area contributed by atoms with Gasteiger partial charge in [-0.3, -0.25) is 9.59 Å². The van der Waals surface area contributed by atoms with Crippen molar-refractivity contribution in [2.75, 3.05) is 6.54 Å². The number of fused-ring (bicyclic) bond motifs is 1. The monoisotopic (exact) mass is 260 g/mol. The quantitative estimate of drug-likeness (QED) is 0.855. The van der Waals surface area contributed by atoms with Gasteiger partial charge in [0.25, 0.3) is 0 Å². The minimum Gasteiger partial charge on any atom is -0.481 e. The van der Waals surface area contributed by atoms with E-state index in [0.29, 0.717) is 0 Å². The molecule has 1 amide bonds. The fraction of sp³-hybridized carbons (Fsp3) is 0.286. The van der Waals surface area contributed by atoms with E-state index in [9.17, 15) is 9.59 Å². The number of nitrogens with zero attached hydrogens (tertiary/aromatic N) is 1. The zero-order valence-electron chi connectivity index (χ0n) is 10.7. The van der Waals surface area contributed by atoms with Crippen LogP contribution in [0, 0.1) is 5.92 Å². The Balaban J connectivity index is 1.97. The number of carboxylic acids is 1. The molecule has 2 rings (SSSR count). The van der Waals surface area contributed by atoms with Crippen LogP contribution in [0.25, 0.3) is 10.9 Å².